The number of alkyl halides is 1. The number of piperidine rings is 1. The molecule has 0 aromatic carbocycles. The van der Waals surface area contributed by atoms with Gasteiger partial charge < -0.3 is 10.1 Å². The third kappa shape index (κ3) is 2.07. The zero-order valence-corrected chi connectivity index (χ0v) is 8.76. The van der Waals surface area contributed by atoms with Crippen LogP contribution in [0.3, 0.4) is 0 Å². The second kappa shape index (κ2) is 4.13. The van der Waals surface area contributed by atoms with E-state index in [9.17, 15) is 4.39 Å². The van der Waals surface area contributed by atoms with Gasteiger partial charge in [0.15, 0.2) is 0 Å². The first-order valence-corrected chi connectivity index (χ1v) is 5.39. The lowest BCUT2D eigenvalue weighted by molar-refractivity contribution is -0.0842. The standard InChI is InChI=1S/C10H19FN2O/c1-12-8-10(11)2-4-13(5-3-10)9-6-14-7-9/h9,12H,2-8H2,1H3. The summed E-state index contributed by atoms with van der Waals surface area (Å²) in [4.78, 5) is 2.36. The molecule has 2 fully saturated rings. The summed E-state index contributed by atoms with van der Waals surface area (Å²) in [6.07, 6.45) is 1.31. The number of likely N-dealkylation sites (tertiary alicyclic amines) is 1. The van der Waals surface area contributed by atoms with Gasteiger partial charge in [0.25, 0.3) is 0 Å². The third-order valence-electron chi connectivity index (χ3n) is 3.32. The van der Waals surface area contributed by atoms with Crippen LogP contribution in [0.5, 0.6) is 0 Å². The minimum Gasteiger partial charge on any atom is -0.378 e. The Morgan fingerprint density at radius 2 is 2.07 bits per heavy atom. The Morgan fingerprint density at radius 1 is 1.43 bits per heavy atom. The molecule has 0 aromatic rings. The average Bonchev–Trinajstić information content (AvgIpc) is 2.06. The van der Waals surface area contributed by atoms with Gasteiger partial charge >= 0.3 is 0 Å². The first-order chi connectivity index (χ1) is 6.73. The van der Waals surface area contributed by atoms with E-state index in [0.717, 1.165) is 26.3 Å². The number of halogens is 1. The highest BCUT2D eigenvalue weighted by Crippen LogP contribution is 2.28. The van der Waals surface area contributed by atoms with E-state index in [1.54, 1.807) is 0 Å². The topological polar surface area (TPSA) is 24.5 Å². The molecule has 0 atom stereocenters. The minimum absolute atomic E-state index is 0.488. The van der Waals surface area contributed by atoms with Crippen molar-refractivity contribution in [2.75, 3.05) is 39.9 Å². The van der Waals surface area contributed by atoms with E-state index < -0.39 is 5.67 Å². The molecule has 0 aliphatic carbocycles. The monoisotopic (exact) mass is 202 g/mol. The van der Waals surface area contributed by atoms with Crippen LogP contribution in [0.15, 0.2) is 0 Å². The Bertz CT molecular complexity index is 189. The predicted octanol–water partition coefficient (Wildman–Crippen LogP) is 0.409. The van der Waals surface area contributed by atoms with Gasteiger partial charge in [0.1, 0.15) is 5.67 Å². The lowest BCUT2D eigenvalue weighted by Crippen LogP contribution is -2.55. The van der Waals surface area contributed by atoms with E-state index in [1.807, 2.05) is 7.05 Å². The van der Waals surface area contributed by atoms with Crippen molar-refractivity contribution in [2.45, 2.75) is 24.6 Å². The molecule has 2 saturated heterocycles. The minimum atomic E-state index is -0.976. The fourth-order valence-corrected chi connectivity index (χ4v) is 2.22. The van der Waals surface area contributed by atoms with E-state index >= 15 is 0 Å². The Labute approximate surface area is 84.6 Å². The van der Waals surface area contributed by atoms with Crippen LogP contribution in [0.4, 0.5) is 4.39 Å². The Morgan fingerprint density at radius 3 is 2.50 bits per heavy atom. The van der Waals surface area contributed by atoms with Crippen molar-refractivity contribution in [3.8, 4) is 0 Å². The maximum Gasteiger partial charge on any atom is 0.125 e. The largest absolute Gasteiger partial charge is 0.378 e. The number of ether oxygens (including phenoxy) is 1. The second-order valence-electron chi connectivity index (χ2n) is 4.41. The van der Waals surface area contributed by atoms with Crippen molar-refractivity contribution >= 4 is 0 Å². The molecule has 82 valence electrons. The summed E-state index contributed by atoms with van der Waals surface area (Å²) in [7, 11) is 1.81. The molecule has 1 N–H and O–H groups in total. The fourth-order valence-electron chi connectivity index (χ4n) is 2.22. The summed E-state index contributed by atoms with van der Waals surface area (Å²) < 4.78 is 19.2. The molecule has 2 heterocycles. The van der Waals surface area contributed by atoms with Gasteiger partial charge in [0.2, 0.25) is 0 Å². The molecule has 0 radical (unpaired) electrons. The predicted molar refractivity (Wildman–Crippen MR) is 53.2 cm³/mol. The van der Waals surface area contributed by atoms with Gasteiger partial charge in [-0.05, 0) is 19.9 Å². The maximum atomic E-state index is 14.0. The molecule has 0 amide bonds. The first kappa shape index (κ1) is 10.3. The molecule has 3 nitrogen and oxygen atoms in total. The third-order valence-corrected chi connectivity index (χ3v) is 3.32. The summed E-state index contributed by atoms with van der Waals surface area (Å²) in [6, 6.07) is 0.564. The van der Waals surface area contributed by atoms with Crippen molar-refractivity contribution in [1.29, 1.82) is 0 Å². The van der Waals surface area contributed by atoms with Crippen LogP contribution in [0.2, 0.25) is 0 Å². The summed E-state index contributed by atoms with van der Waals surface area (Å²) in [6.45, 7) is 3.93. The SMILES string of the molecule is CNCC1(F)CCN(C2COC2)CC1. The van der Waals surface area contributed by atoms with Gasteiger partial charge in [-0.3, -0.25) is 4.90 Å². The summed E-state index contributed by atoms with van der Waals surface area (Å²) in [5, 5.41) is 2.93. The van der Waals surface area contributed by atoms with E-state index in [0.29, 0.717) is 25.4 Å². The van der Waals surface area contributed by atoms with Crippen molar-refractivity contribution in [1.82, 2.24) is 10.2 Å². The highest BCUT2D eigenvalue weighted by molar-refractivity contribution is 4.91. The van der Waals surface area contributed by atoms with Crippen LogP contribution in [-0.2, 0) is 4.74 Å². The summed E-state index contributed by atoms with van der Waals surface area (Å²) in [5.74, 6) is 0. The van der Waals surface area contributed by atoms with Gasteiger partial charge in [-0.15, -0.1) is 0 Å². The number of hydrogen-bond acceptors (Lipinski definition) is 3. The van der Waals surface area contributed by atoms with Crippen molar-refractivity contribution in [3.63, 3.8) is 0 Å². The van der Waals surface area contributed by atoms with Gasteiger partial charge in [-0.2, -0.15) is 0 Å². The van der Waals surface area contributed by atoms with Crippen molar-refractivity contribution < 1.29 is 9.13 Å². The lowest BCUT2D eigenvalue weighted by atomic mass is 9.92. The molecule has 4 heteroatoms. The number of nitrogens with zero attached hydrogens (tertiary/aromatic N) is 1. The zero-order valence-electron chi connectivity index (χ0n) is 8.76. The van der Waals surface area contributed by atoms with Gasteiger partial charge in [0.05, 0.1) is 19.3 Å². The highest BCUT2D eigenvalue weighted by atomic mass is 19.1. The smallest absolute Gasteiger partial charge is 0.125 e. The Hall–Kier alpha value is -0.190. The molecule has 0 bridgehead atoms. The van der Waals surface area contributed by atoms with Crippen LogP contribution >= 0.6 is 0 Å². The molecule has 14 heavy (non-hydrogen) atoms. The molecule has 0 unspecified atom stereocenters. The zero-order chi connectivity index (χ0) is 10.0. The van der Waals surface area contributed by atoms with Crippen LogP contribution in [0.1, 0.15) is 12.8 Å². The number of nitrogens with one attached hydrogen (secondary N) is 1. The second-order valence-corrected chi connectivity index (χ2v) is 4.41. The summed E-state index contributed by atoms with van der Waals surface area (Å²) >= 11 is 0. The highest BCUT2D eigenvalue weighted by Gasteiger charge is 2.37. The molecule has 2 aliphatic rings. The molecular weight excluding hydrogens is 183 g/mol. The maximum absolute atomic E-state index is 14.0. The number of rotatable bonds is 3. The molecule has 0 saturated carbocycles. The Balaban J connectivity index is 1.78. The molecule has 0 spiro atoms. The quantitative estimate of drug-likeness (QED) is 0.717. The van der Waals surface area contributed by atoms with Crippen LogP contribution in [0.25, 0.3) is 0 Å². The number of hydrogen-bond donors (Lipinski definition) is 1. The molecule has 2 rings (SSSR count). The van der Waals surface area contributed by atoms with E-state index in [-0.39, 0.29) is 0 Å². The molecule has 0 aromatic heterocycles. The van der Waals surface area contributed by atoms with E-state index in [2.05, 4.69) is 10.2 Å². The van der Waals surface area contributed by atoms with E-state index in [4.69, 9.17) is 4.74 Å². The van der Waals surface area contributed by atoms with Crippen LogP contribution in [0, 0.1) is 0 Å². The van der Waals surface area contributed by atoms with Crippen LogP contribution < -0.4 is 5.32 Å². The summed E-state index contributed by atoms with van der Waals surface area (Å²) in [5.41, 5.74) is -0.976. The van der Waals surface area contributed by atoms with Gasteiger partial charge in [0, 0.05) is 19.6 Å². The first-order valence-electron chi connectivity index (χ1n) is 5.39. The Kier molecular flexibility index (Phi) is 3.04. The van der Waals surface area contributed by atoms with E-state index in [1.165, 1.54) is 0 Å². The lowest BCUT2D eigenvalue weighted by Gasteiger charge is -2.43. The molecule has 2 aliphatic heterocycles. The van der Waals surface area contributed by atoms with Crippen molar-refractivity contribution in [2.24, 2.45) is 0 Å². The van der Waals surface area contributed by atoms with Gasteiger partial charge in [-0.1, -0.05) is 0 Å². The van der Waals surface area contributed by atoms with Crippen molar-refractivity contribution in [3.05, 3.63) is 0 Å². The van der Waals surface area contributed by atoms with Crippen LogP contribution in [-0.4, -0.2) is 56.5 Å². The average molecular weight is 202 g/mol. The van der Waals surface area contributed by atoms with Gasteiger partial charge in [-0.25, -0.2) is 4.39 Å². The normalized spacial score (nSPS) is 28.7. The molecular formula is C10H19FN2O. The fraction of sp³-hybridized carbons (Fsp3) is 1.00.